The Kier molecular flexibility index (Phi) is 5.20. The highest BCUT2D eigenvalue weighted by Crippen LogP contribution is 2.34. The molecule has 0 radical (unpaired) electrons. The molecule has 6 heteroatoms. The summed E-state index contributed by atoms with van der Waals surface area (Å²) in [6.45, 7) is 2.40. The maximum atomic E-state index is 12.6. The van der Waals surface area contributed by atoms with Gasteiger partial charge in [-0.05, 0) is 41.3 Å². The summed E-state index contributed by atoms with van der Waals surface area (Å²) in [5.74, 6) is -1.02. The number of thioether (sulfide) groups is 1. The summed E-state index contributed by atoms with van der Waals surface area (Å²) >= 11 is 6.56. The second kappa shape index (κ2) is 7.37. The summed E-state index contributed by atoms with van der Waals surface area (Å²) in [5, 5.41) is 11.0. The van der Waals surface area contributed by atoms with Crippen molar-refractivity contribution >= 4 is 57.0 Å². The van der Waals surface area contributed by atoms with E-state index in [1.165, 1.54) is 22.2 Å². The smallest absolute Gasteiger partial charge is 0.303 e. The van der Waals surface area contributed by atoms with Gasteiger partial charge in [0.25, 0.3) is 5.91 Å². The third-order valence-electron chi connectivity index (χ3n) is 4.11. The van der Waals surface area contributed by atoms with Crippen LogP contribution in [0.15, 0.2) is 41.3 Å². The third-order valence-corrected chi connectivity index (χ3v) is 5.49. The Morgan fingerprint density at radius 3 is 2.68 bits per heavy atom. The molecular formula is C19H17NO3S2. The van der Waals surface area contributed by atoms with Gasteiger partial charge in [0.05, 0.1) is 4.91 Å². The number of carbonyl (C=O) groups is 2. The van der Waals surface area contributed by atoms with Crippen LogP contribution in [0.5, 0.6) is 0 Å². The maximum Gasteiger partial charge on any atom is 0.303 e. The van der Waals surface area contributed by atoms with E-state index >= 15 is 0 Å². The van der Waals surface area contributed by atoms with Gasteiger partial charge in [0.1, 0.15) is 4.32 Å². The van der Waals surface area contributed by atoms with Crippen molar-refractivity contribution in [3.8, 4) is 0 Å². The van der Waals surface area contributed by atoms with E-state index < -0.39 is 5.97 Å². The number of nitrogens with zero attached hydrogens (tertiary/aromatic N) is 1. The summed E-state index contributed by atoms with van der Waals surface area (Å²) in [6.07, 6.45) is 2.29. The van der Waals surface area contributed by atoms with E-state index in [1.807, 2.05) is 36.4 Å². The lowest BCUT2D eigenvalue weighted by atomic mass is 10.00. The van der Waals surface area contributed by atoms with Crippen molar-refractivity contribution in [1.29, 1.82) is 0 Å². The van der Waals surface area contributed by atoms with Crippen molar-refractivity contribution in [2.24, 2.45) is 0 Å². The molecule has 0 aromatic heterocycles. The van der Waals surface area contributed by atoms with Gasteiger partial charge >= 0.3 is 5.97 Å². The zero-order chi connectivity index (χ0) is 18.0. The lowest BCUT2D eigenvalue weighted by Gasteiger charge is -2.13. The first-order chi connectivity index (χ1) is 12.0. The second-order valence-electron chi connectivity index (χ2n) is 5.85. The minimum atomic E-state index is -0.868. The first-order valence-electron chi connectivity index (χ1n) is 7.93. The predicted molar refractivity (Wildman–Crippen MR) is 105 cm³/mol. The van der Waals surface area contributed by atoms with Crippen LogP contribution in [0.2, 0.25) is 0 Å². The Hall–Kier alpha value is -2.18. The largest absolute Gasteiger partial charge is 0.481 e. The highest BCUT2D eigenvalue weighted by atomic mass is 32.2. The van der Waals surface area contributed by atoms with Gasteiger partial charge < -0.3 is 5.11 Å². The van der Waals surface area contributed by atoms with E-state index in [0.29, 0.717) is 22.2 Å². The third kappa shape index (κ3) is 3.75. The van der Waals surface area contributed by atoms with Crippen LogP contribution in [0.1, 0.15) is 24.0 Å². The molecule has 0 atom stereocenters. The topological polar surface area (TPSA) is 57.6 Å². The first kappa shape index (κ1) is 17.6. The molecule has 1 amide bonds. The Balaban J connectivity index is 1.88. The van der Waals surface area contributed by atoms with Crippen molar-refractivity contribution in [3.63, 3.8) is 0 Å². The molecule has 4 nitrogen and oxygen atoms in total. The van der Waals surface area contributed by atoms with Gasteiger partial charge in [-0.25, -0.2) is 0 Å². The molecule has 1 saturated heterocycles. The fourth-order valence-corrected chi connectivity index (χ4v) is 4.12. The van der Waals surface area contributed by atoms with Crippen molar-refractivity contribution in [3.05, 3.63) is 52.4 Å². The molecule has 1 fully saturated rings. The minimum Gasteiger partial charge on any atom is -0.481 e. The van der Waals surface area contributed by atoms with Crippen LogP contribution in [0.4, 0.5) is 0 Å². The van der Waals surface area contributed by atoms with Crippen molar-refractivity contribution in [1.82, 2.24) is 4.90 Å². The summed E-state index contributed by atoms with van der Waals surface area (Å²) in [6, 6.07) is 12.1. The lowest BCUT2D eigenvalue weighted by molar-refractivity contribution is -0.137. The SMILES string of the molecule is Cc1ccc(/C=C2\SC(=S)N(CCCC(=O)O)C2=O)c2ccccc12. The number of benzene rings is 2. The van der Waals surface area contributed by atoms with Gasteiger partial charge in [-0.2, -0.15) is 0 Å². The van der Waals surface area contributed by atoms with Gasteiger partial charge in [-0.15, -0.1) is 0 Å². The van der Waals surface area contributed by atoms with Crippen LogP contribution in [0.3, 0.4) is 0 Å². The van der Waals surface area contributed by atoms with Gasteiger partial charge in [-0.3, -0.25) is 14.5 Å². The van der Waals surface area contributed by atoms with E-state index in [9.17, 15) is 9.59 Å². The Morgan fingerprint density at radius 2 is 1.96 bits per heavy atom. The average Bonchev–Trinajstić information content (AvgIpc) is 2.85. The van der Waals surface area contributed by atoms with Crippen LogP contribution in [-0.4, -0.2) is 32.7 Å². The Bertz CT molecular complexity index is 905. The van der Waals surface area contributed by atoms with Crippen LogP contribution in [0.25, 0.3) is 16.8 Å². The number of hydrogen-bond donors (Lipinski definition) is 1. The molecule has 1 N–H and O–H groups in total. The number of carbonyl (C=O) groups excluding carboxylic acids is 1. The van der Waals surface area contributed by atoms with Crippen molar-refractivity contribution in [2.75, 3.05) is 6.54 Å². The van der Waals surface area contributed by atoms with Gasteiger partial charge in [0, 0.05) is 13.0 Å². The molecule has 2 aromatic rings. The second-order valence-corrected chi connectivity index (χ2v) is 7.52. The molecule has 0 bridgehead atoms. The first-order valence-corrected chi connectivity index (χ1v) is 9.15. The molecule has 3 rings (SSSR count). The fourth-order valence-electron chi connectivity index (χ4n) is 2.82. The monoisotopic (exact) mass is 371 g/mol. The molecule has 0 aliphatic carbocycles. The van der Waals surface area contributed by atoms with Crippen LogP contribution >= 0.6 is 24.0 Å². The minimum absolute atomic E-state index is 0.0265. The Labute approximate surface area is 155 Å². The maximum absolute atomic E-state index is 12.6. The van der Waals surface area contributed by atoms with E-state index in [2.05, 4.69) is 13.0 Å². The number of carboxylic acids is 1. The zero-order valence-corrected chi connectivity index (χ0v) is 15.3. The van der Waals surface area contributed by atoms with Crippen molar-refractivity contribution < 1.29 is 14.7 Å². The number of hydrogen-bond acceptors (Lipinski definition) is 4. The van der Waals surface area contributed by atoms with E-state index in [0.717, 1.165) is 16.3 Å². The van der Waals surface area contributed by atoms with Crippen LogP contribution in [0, 0.1) is 6.92 Å². The average molecular weight is 371 g/mol. The molecule has 1 aliphatic heterocycles. The van der Waals surface area contributed by atoms with E-state index in [-0.39, 0.29) is 12.3 Å². The van der Waals surface area contributed by atoms with Crippen LogP contribution in [-0.2, 0) is 9.59 Å². The van der Waals surface area contributed by atoms with Crippen LogP contribution < -0.4 is 0 Å². The fraction of sp³-hybridized carbons (Fsp3) is 0.211. The number of aryl methyl sites for hydroxylation is 1. The summed E-state index contributed by atoms with van der Waals surface area (Å²) < 4.78 is 0.484. The van der Waals surface area contributed by atoms with Gasteiger partial charge in [0.2, 0.25) is 0 Å². The molecule has 0 unspecified atom stereocenters. The number of thiocarbonyl (C=S) groups is 1. The zero-order valence-electron chi connectivity index (χ0n) is 13.7. The number of rotatable bonds is 5. The number of carboxylic acid groups (broad SMARTS) is 1. The number of amides is 1. The number of aliphatic carboxylic acids is 1. The summed E-state index contributed by atoms with van der Waals surface area (Å²) in [7, 11) is 0. The molecule has 1 heterocycles. The van der Waals surface area contributed by atoms with E-state index in [4.69, 9.17) is 17.3 Å². The van der Waals surface area contributed by atoms with Gasteiger partial charge in [-0.1, -0.05) is 60.4 Å². The molecule has 0 saturated carbocycles. The Morgan fingerprint density at radius 1 is 1.24 bits per heavy atom. The number of fused-ring (bicyclic) bond motifs is 1. The molecule has 128 valence electrons. The molecule has 25 heavy (non-hydrogen) atoms. The van der Waals surface area contributed by atoms with Gasteiger partial charge in [0.15, 0.2) is 0 Å². The van der Waals surface area contributed by atoms with Crippen molar-refractivity contribution in [2.45, 2.75) is 19.8 Å². The predicted octanol–water partition coefficient (Wildman–Crippen LogP) is 4.21. The molecule has 2 aromatic carbocycles. The highest BCUT2D eigenvalue weighted by Gasteiger charge is 2.31. The summed E-state index contributed by atoms with van der Waals surface area (Å²) in [4.78, 5) is 25.3. The molecular weight excluding hydrogens is 354 g/mol. The molecule has 1 aliphatic rings. The lowest BCUT2D eigenvalue weighted by Crippen LogP contribution is -2.29. The quantitative estimate of drug-likeness (QED) is 0.630. The summed E-state index contributed by atoms with van der Waals surface area (Å²) in [5.41, 5.74) is 2.17. The van der Waals surface area contributed by atoms with E-state index in [1.54, 1.807) is 0 Å². The highest BCUT2D eigenvalue weighted by molar-refractivity contribution is 8.26. The standard InChI is InChI=1S/C19H17NO3S2/c1-12-8-9-13(15-6-3-2-5-14(12)15)11-16-18(23)20(19(24)25-16)10-4-7-17(21)22/h2-3,5-6,8-9,11H,4,7,10H2,1H3,(H,21,22)/b16-11-. The normalized spacial score (nSPS) is 16.2. The molecule has 0 spiro atoms.